The highest BCUT2D eigenvalue weighted by atomic mass is 16.7. The Hall–Kier alpha value is -1.01. The summed E-state index contributed by atoms with van der Waals surface area (Å²) < 4.78 is 33.8. The molecule has 7 N–H and O–H groups in total. The molecule has 0 amide bonds. The van der Waals surface area contributed by atoms with Crippen molar-refractivity contribution in [1.82, 2.24) is 0 Å². The highest BCUT2D eigenvalue weighted by Crippen LogP contribution is 2.26. The van der Waals surface area contributed by atoms with Gasteiger partial charge in [0.2, 0.25) is 0 Å². The third kappa shape index (κ3) is 23.3. The Morgan fingerprint density at radius 1 is 0.492 bits per heavy atom. The van der Waals surface area contributed by atoms with Crippen LogP contribution in [0, 0.1) is 0 Å². The molecule has 0 radical (unpaired) electrons. The maximum absolute atomic E-state index is 12.6. The van der Waals surface area contributed by atoms with E-state index in [9.17, 15) is 40.5 Å². The van der Waals surface area contributed by atoms with Gasteiger partial charge in [0.15, 0.2) is 12.6 Å². The van der Waals surface area contributed by atoms with E-state index in [-0.39, 0.29) is 19.6 Å². The van der Waals surface area contributed by atoms with Gasteiger partial charge in [0.25, 0.3) is 0 Å². The van der Waals surface area contributed by atoms with Crippen LogP contribution in [0.15, 0.2) is 0 Å². The van der Waals surface area contributed by atoms with Crippen LogP contribution in [0.1, 0.15) is 181 Å². The van der Waals surface area contributed by atoms with E-state index in [4.69, 9.17) is 28.4 Å². The first-order chi connectivity index (χ1) is 28.6. The molecule has 0 spiro atoms. The molecule has 11 atom stereocenters. The Bertz CT molecular complexity index is 990. The van der Waals surface area contributed by atoms with Gasteiger partial charge >= 0.3 is 5.97 Å². The van der Waals surface area contributed by atoms with Gasteiger partial charge in [-0.15, -0.1) is 0 Å². The minimum Gasteiger partial charge on any atom is -0.457 e. The van der Waals surface area contributed by atoms with Gasteiger partial charge in [0, 0.05) is 13.0 Å². The molecular formula is C45H86O14. The molecule has 0 saturated carbocycles. The van der Waals surface area contributed by atoms with Gasteiger partial charge in [0.1, 0.15) is 54.9 Å². The molecule has 14 nitrogen and oxygen atoms in total. The lowest BCUT2D eigenvalue weighted by molar-refractivity contribution is -0.332. The lowest BCUT2D eigenvalue weighted by Crippen LogP contribution is -2.61. The van der Waals surface area contributed by atoms with E-state index in [0.717, 1.165) is 32.1 Å². The summed E-state index contributed by atoms with van der Waals surface area (Å²) in [7, 11) is 0. The minimum atomic E-state index is -1.70. The number of unbranched alkanes of at least 4 members (excludes halogenated alkanes) is 23. The molecule has 11 unspecified atom stereocenters. The Labute approximate surface area is 355 Å². The van der Waals surface area contributed by atoms with E-state index in [0.29, 0.717) is 13.0 Å². The number of carbonyl (C=O) groups excluding carboxylic acids is 1. The topological polar surface area (TPSA) is 214 Å². The van der Waals surface area contributed by atoms with Crippen LogP contribution < -0.4 is 0 Å². The maximum Gasteiger partial charge on any atom is 0.306 e. The number of aliphatic hydroxyl groups excluding tert-OH is 7. The van der Waals surface area contributed by atoms with E-state index in [1.165, 1.54) is 122 Å². The number of ether oxygens (including phenoxy) is 6. The predicted octanol–water partition coefficient (Wildman–Crippen LogP) is 5.74. The lowest BCUT2D eigenvalue weighted by atomic mass is 9.98. The molecule has 2 aliphatic rings. The van der Waals surface area contributed by atoms with Crippen LogP contribution in [0.5, 0.6) is 0 Å². The Kier molecular flexibility index (Phi) is 31.6. The predicted molar refractivity (Wildman–Crippen MR) is 224 cm³/mol. The zero-order valence-electron chi connectivity index (χ0n) is 36.8. The van der Waals surface area contributed by atoms with E-state index in [2.05, 4.69) is 6.92 Å². The second-order valence-corrected chi connectivity index (χ2v) is 16.9. The van der Waals surface area contributed by atoms with Crippen LogP contribution in [-0.2, 0) is 33.2 Å². The van der Waals surface area contributed by atoms with Gasteiger partial charge in [-0.25, -0.2) is 0 Å². The van der Waals surface area contributed by atoms with Crippen molar-refractivity contribution >= 4 is 5.97 Å². The Balaban J connectivity index is 1.61. The first kappa shape index (κ1) is 54.1. The first-order valence-electron chi connectivity index (χ1n) is 23.6. The summed E-state index contributed by atoms with van der Waals surface area (Å²) in [6.45, 7) is 3.53. The average Bonchev–Trinajstić information content (AvgIpc) is 3.23. The number of hydrogen-bond donors (Lipinski definition) is 7. The third-order valence-electron chi connectivity index (χ3n) is 11.6. The zero-order valence-corrected chi connectivity index (χ0v) is 36.8. The van der Waals surface area contributed by atoms with E-state index < -0.39 is 86.7 Å². The zero-order chi connectivity index (χ0) is 43.1. The molecule has 0 aromatic heterocycles. The van der Waals surface area contributed by atoms with E-state index >= 15 is 0 Å². The number of aliphatic hydroxyl groups is 7. The molecule has 14 heteroatoms. The standard InChI is InChI=1S/C45H86O14/c1-3-5-7-8-9-10-11-12-13-14-15-16-17-18-19-20-21-22-23-24-25-27-29-54-31-34(57-37(47)28-26-6-4-2)32-55-44-43(53)41(51)39(49)36(59-44)33-56-45-42(52)40(50)38(48)35(30-46)58-45/h34-36,38-46,48-53H,3-33H2,1-2H3. The summed E-state index contributed by atoms with van der Waals surface area (Å²) in [4.78, 5) is 12.6. The van der Waals surface area contributed by atoms with Crippen molar-refractivity contribution in [3.05, 3.63) is 0 Å². The molecule has 59 heavy (non-hydrogen) atoms. The molecule has 0 aromatic carbocycles. The molecule has 2 saturated heterocycles. The van der Waals surface area contributed by atoms with Gasteiger partial charge in [-0.2, -0.15) is 0 Å². The number of esters is 1. The second kappa shape index (κ2) is 34.5. The van der Waals surface area contributed by atoms with Crippen molar-refractivity contribution in [3.63, 3.8) is 0 Å². The highest BCUT2D eigenvalue weighted by molar-refractivity contribution is 5.69. The van der Waals surface area contributed by atoms with Crippen LogP contribution in [-0.4, -0.2) is 142 Å². The van der Waals surface area contributed by atoms with Gasteiger partial charge in [-0.1, -0.05) is 162 Å². The smallest absolute Gasteiger partial charge is 0.306 e. The summed E-state index contributed by atoms with van der Waals surface area (Å²) in [5.41, 5.74) is 0. The fourth-order valence-corrected chi connectivity index (χ4v) is 7.70. The normalized spacial score (nSPS) is 27.9. The van der Waals surface area contributed by atoms with Crippen LogP contribution in [0.3, 0.4) is 0 Å². The van der Waals surface area contributed by atoms with E-state index in [1.54, 1.807) is 0 Å². The van der Waals surface area contributed by atoms with Crippen LogP contribution in [0.4, 0.5) is 0 Å². The first-order valence-corrected chi connectivity index (χ1v) is 23.6. The molecule has 2 fully saturated rings. The van der Waals surface area contributed by atoms with Crippen LogP contribution >= 0.6 is 0 Å². The Morgan fingerprint density at radius 3 is 1.37 bits per heavy atom. The van der Waals surface area contributed by atoms with Crippen molar-refractivity contribution < 1.29 is 69.0 Å². The second-order valence-electron chi connectivity index (χ2n) is 16.9. The van der Waals surface area contributed by atoms with Gasteiger partial charge in [-0.05, 0) is 12.8 Å². The third-order valence-corrected chi connectivity index (χ3v) is 11.6. The molecule has 350 valence electrons. The van der Waals surface area contributed by atoms with E-state index in [1.807, 2.05) is 6.92 Å². The minimum absolute atomic E-state index is 0.0659. The molecular weight excluding hydrogens is 764 g/mol. The van der Waals surface area contributed by atoms with Gasteiger partial charge in [-0.3, -0.25) is 4.79 Å². The van der Waals surface area contributed by atoms with Crippen molar-refractivity contribution in [3.8, 4) is 0 Å². The van der Waals surface area contributed by atoms with Crippen molar-refractivity contribution in [2.75, 3.05) is 33.0 Å². The van der Waals surface area contributed by atoms with Crippen LogP contribution in [0.2, 0.25) is 0 Å². The summed E-state index contributed by atoms with van der Waals surface area (Å²) in [5.74, 6) is -0.397. The fourth-order valence-electron chi connectivity index (χ4n) is 7.70. The summed E-state index contributed by atoms with van der Waals surface area (Å²) >= 11 is 0. The quantitative estimate of drug-likeness (QED) is 0.0294. The van der Waals surface area contributed by atoms with Gasteiger partial charge < -0.3 is 64.2 Å². The van der Waals surface area contributed by atoms with Gasteiger partial charge in [0.05, 0.1) is 26.4 Å². The maximum atomic E-state index is 12.6. The molecule has 2 rings (SSSR count). The largest absolute Gasteiger partial charge is 0.457 e. The molecule has 0 aliphatic carbocycles. The number of carbonyl (C=O) groups is 1. The average molecular weight is 851 g/mol. The van der Waals surface area contributed by atoms with Crippen molar-refractivity contribution in [2.24, 2.45) is 0 Å². The molecule has 0 aromatic rings. The highest BCUT2D eigenvalue weighted by Gasteiger charge is 2.47. The monoisotopic (exact) mass is 851 g/mol. The fraction of sp³-hybridized carbons (Fsp3) is 0.978. The molecule has 2 aliphatic heterocycles. The number of rotatable bonds is 37. The molecule has 2 heterocycles. The van der Waals surface area contributed by atoms with Crippen molar-refractivity contribution in [2.45, 2.75) is 248 Å². The number of hydrogen-bond acceptors (Lipinski definition) is 14. The summed E-state index contributed by atoms with van der Waals surface area (Å²) in [5, 5.41) is 71.5. The Morgan fingerprint density at radius 2 is 0.898 bits per heavy atom. The SMILES string of the molecule is CCCCCCCCCCCCCCCCCCCCCCCCOCC(COC1OC(COC2OC(CO)C(O)C(O)C2O)C(O)C(O)C1O)OC(=O)CCCCC. The molecule has 0 bridgehead atoms. The summed E-state index contributed by atoms with van der Waals surface area (Å²) in [6, 6.07) is 0. The summed E-state index contributed by atoms with van der Waals surface area (Å²) in [6.07, 6.45) is 15.7. The van der Waals surface area contributed by atoms with Crippen LogP contribution in [0.25, 0.3) is 0 Å². The lowest BCUT2D eigenvalue weighted by Gasteiger charge is -2.42. The van der Waals surface area contributed by atoms with Crippen molar-refractivity contribution in [1.29, 1.82) is 0 Å².